The standard InChI is InChI=1S/C17H25N3/c1-11(2)20-15(6)17(14(5)19-20)18-10-16-8-12(3)7-13(4)9-16/h7-9,11,18H,10H2,1-6H3. The lowest BCUT2D eigenvalue weighted by Gasteiger charge is -2.11. The van der Waals surface area contributed by atoms with Gasteiger partial charge in [-0.15, -0.1) is 0 Å². The fourth-order valence-electron chi connectivity index (χ4n) is 2.78. The molecule has 0 aliphatic rings. The molecule has 0 spiro atoms. The van der Waals surface area contributed by atoms with Gasteiger partial charge in [0.25, 0.3) is 0 Å². The zero-order valence-corrected chi connectivity index (χ0v) is 13.4. The third-order valence-electron chi connectivity index (χ3n) is 3.56. The van der Waals surface area contributed by atoms with E-state index in [1.165, 1.54) is 22.4 Å². The summed E-state index contributed by atoms with van der Waals surface area (Å²) >= 11 is 0. The first-order valence-electron chi connectivity index (χ1n) is 7.25. The molecule has 0 atom stereocenters. The molecule has 2 rings (SSSR count). The van der Waals surface area contributed by atoms with E-state index in [1.807, 2.05) is 0 Å². The normalized spacial score (nSPS) is 11.2. The number of rotatable bonds is 4. The molecule has 0 amide bonds. The Morgan fingerprint density at radius 3 is 2.15 bits per heavy atom. The van der Waals surface area contributed by atoms with Gasteiger partial charge in [-0.25, -0.2) is 0 Å². The van der Waals surface area contributed by atoms with Gasteiger partial charge in [-0.3, -0.25) is 4.68 Å². The van der Waals surface area contributed by atoms with Gasteiger partial charge in [-0.05, 0) is 47.1 Å². The summed E-state index contributed by atoms with van der Waals surface area (Å²) in [6.45, 7) is 13.6. The third kappa shape index (κ3) is 3.03. The maximum Gasteiger partial charge on any atom is 0.0828 e. The number of hydrogen-bond donors (Lipinski definition) is 1. The summed E-state index contributed by atoms with van der Waals surface area (Å²) in [5.41, 5.74) is 7.39. The number of aryl methyl sites for hydroxylation is 3. The Labute approximate surface area is 122 Å². The van der Waals surface area contributed by atoms with Crippen LogP contribution in [-0.4, -0.2) is 9.78 Å². The van der Waals surface area contributed by atoms with Crippen molar-refractivity contribution in [2.75, 3.05) is 5.32 Å². The van der Waals surface area contributed by atoms with E-state index in [2.05, 4.69) is 74.8 Å². The van der Waals surface area contributed by atoms with Gasteiger partial charge in [0, 0.05) is 12.6 Å². The molecule has 0 aliphatic carbocycles. The fourth-order valence-corrected chi connectivity index (χ4v) is 2.78. The molecule has 0 saturated heterocycles. The molecule has 0 saturated carbocycles. The zero-order valence-electron chi connectivity index (χ0n) is 13.4. The van der Waals surface area contributed by atoms with Crippen LogP contribution in [0.15, 0.2) is 18.2 Å². The molecular formula is C17H25N3. The molecule has 0 bridgehead atoms. The number of nitrogens with one attached hydrogen (secondary N) is 1. The molecule has 1 heterocycles. The first-order chi connectivity index (χ1) is 9.38. The number of anilines is 1. The Bertz CT molecular complexity index is 589. The van der Waals surface area contributed by atoms with E-state index in [1.54, 1.807) is 0 Å². The lowest BCUT2D eigenvalue weighted by Crippen LogP contribution is -2.06. The van der Waals surface area contributed by atoms with Gasteiger partial charge < -0.3 is 5.32 Å². The predicted molar refractivity (Wildman–Crippen MR) is 85.3 cm³/mol. The van der Waals surface area contributed by atoms with Gasteiger partial charge in [-0.1, -0.05) is 29.3 Å². The van der Waals surface area contributed by atoms with Gasteiger partial charge in [0.2, 0.25) is 0 Å². The van der Waals surface area contributed by atoms with Crippen molar-refractivity contribution in [3.05, 3.63) is 46.3 Å². The van der Waals surface area contributed by atoms with Crippen LogP contribution in [0, 0.1) is 27.7 Å². The minimum absolute atomic E-state index is 0.394. The summed E-state index contributed by atoms with van der Waals surface area (Å²) in [4.78, 5) is 0. The Kier molecular flexibility index (Phi) is 4.17. The molecule has 1 aromatic heterocycles. The molecule has 0 aliphatic heterocycles. The van der Waals surface area contributed by atoms with Crippen molar-refractivity contribution in [1.82, 2.24) is 9.78 Å². The zero-order chi connectivity index (χ0) is 14.9. The highest BCUT2D eigenvalue weighted by Gasteiger charge is 2.12. The Balaban J connectivity index is 2.19. The van der Waals surface area contributed by atoms with Crippen LogP contribution in [0.25, 0.3) is 0 Å². The summed E-state index contributed by atoms with van der Waals surface area (Å²) in [5, 5.41) is 8.16. The van der Waals surface area contributed by atoms with Crippen molar-refractivity contribution in [3.63, 3.8) is 0 Å². The van der Waals surface area contributed by atoms with Crippen LogP contribution < -0.4 is 5.32 Å². The Morgan fingerprint density at radius 1 is 1.05 bits per heavy atom. The predicted octanol–water partition coefficient (Wildman–Crippen LogP) is 4.31. The average molecular weight is 271 g/mol. The highest BCUT2D eigenvalue weighted by atomic mass is 15.3. The average Bonchev–Trinajstić information content (AvgIpc) is 2.61. The van der Waals surface area contributed by atoms with Crippen LogP contribution in [0.5, 0.6) is 0 Å². The van der Waals surface area contributed by atoms with E-state index < -0.39 is 0 Å². The van der Waals surface area contributed by atoms with Crippen molar-refractivity contribution in [2.24, 2.45) is 0 Å². The third-order valence-corrected chi connectivity index (χ3v) is 3.56. The van der Waals surface area contributed by atoms with E-state index in [9.17, 15) is 0 Å². The maximum absolute atomic E-state index is 4.61. The first kappa shape index (κ1) is 14.6. The second-order valence-corrected chi connectivity index (χ2v) is 5.93. The fraction of sp³-hybridized carbons (Fsp3) is 0.471. The molecule has 0 unspecified atom stereocenters. The molecule has 1 N–H and O–H groups in total. The molecule has 20 heavy (non-hydrogen) atoms. The van der Waals surface area contributed by atoms with Crippen LogP contribution in [0.4, 0.5) is 5.69 Å². The van der Waals surface area contributed by atoms with E-state index in [-0.39, 0.29) is 0 Å². The van der Waals surface area contributed by atoms with E-state index in [0.717, 1.165) is 17.9 Å². The van der Waals surface area contributed by atoms with Crippen LogP contribution in [0.3, 0.4) is 0 Å². The van der Waals surface area contributed by atoms with Crippen LogP contribution >= 0.6 is 0 Å². The van der Waals surface area contributed by atoms with Gasteiger partial charge in [0.1, 0.15) is 0 Å². The number of aromatic nitrogens is 2. The minimum Gasteiger partial charge on any atom is -0.378 e. The number of hydrogen-bond acceptors (Lipinski definition) is 2. The van der Waals surface area contributed by atoms with E-state index in [4.69, 9.17) is 0 Å². The Morgan fingerprint density at radius 2 is 1.65 bits per heavy atom. The van der Waals surface area contributed by atoms with Gasteiger partial charge >= 0.3 is 0 Å². The summed E-state index contributed by atoms with van der Waals surface area (Å²) in [6, 6.07) is 7.07. The van der Waals surface area contributed by atoms with E-state index >= 15 is 0 Å². The van der Waals surface area contributed by atoms with Crippen molar-refractivity contribution >= 4 is 5.69 Å². The largest absolute Gasteiger partial charge is 0.378 e. The quantitative estimate of drug-likeness (QED) is 0.898. The Hall–Kier alpha value is -1.77. The second kappa shape index (κ2) is 5.70. The first-order valence-corrected chi connectivity index (χ1v) is 7.25. The molecule has 3 nitrogen and oxygen atoms in total. The van der Waals surface area contributed by atoms with Crippen molar-refractivity contribution in [2.45, 2.75) is 54.1 Å². The molecule has 2 aromatic rings. The summed E-state index contributed by atoms with van der Waals surface area (Å²) in [5.74, 6) is 0. The summed E-state index contributed by atoms with van der Waals surface area (Å²) in [7, 11) is 0. The topological polar surface area (TPSA) is 29.9 Å². The second-order valence-electron chi connectivity index (χ2n) is 5.93. The molecule has 0 radical (unpaired) electrons. The SMILES string of the molecule is Cc1cc(C)cc(CNc2c(C)nn(C(C)C)c2C)c1. The summed E-state index contributed by atoms with van der Waals surface area (Å²) < 4.78 is 2.08. The maximum atomic E-state index is 4.61. The van der Waals surface area contributed by atoms with Gasteiger partial charge in [0.05, 0.1) is 17.1 Å². The highest BCUT2D eigenvalue weighted by Crippen LogP contribution is 2.23. The van der Waals surface area contributed by atoms with E-state index in [0.29, 0.717) is 6.04 Å². The summed E-state index contributed by atoms with van der Waals surface area (Å²) in [6.07, 6.45) is 0. The molecule has 108 valence electrons. The van der Waals surface area contributed by atoms with Crippen LogP contribution in [-0.2, 0) is 6.54 Å². The van der Waals surface area contributed by atoms with Crippen molar-refractivity contribution in [3.8, 4) is 0 Å². The van der Waals surface area contributed by atoms with Gasteiger partial charge in [-0.2, -0.15) is 5.10 Å². The molecule has 3 heteroatoms. The number of nitrogens with zero attached hydrogens (tertiary/aromatic N) is 2. The molecule has 1 aromatic carbocycles. The monoisotopic (exact) mass is 271 g/mol. The van der Waals surface area contributed by atoms with Crippen LogP contribution in [0.2, 0.25) is 0 Å². The highest BCUT2D eigenvalue weighted by molar-refractivity contribution is 5.52. The van der Waals surface area contributed by atoms with Crippen LogP contribution in [0.1, 0.15) is 48.0 Å². The lowest BCUT2D eigenvalue weighted by molar-refractivity contribution is 0.516. The molecular weight excluding hydrogens is 246 g/mol. The molecule has 0 fully saturated rings. The van der Waals surface area contributed by atoms with Crippen molar-refractivity contribution < 1.29 is 0 Å². The smallest absolute Gasteiger partial charge is 0.0828 e. The lowest BCUT2D eigenvalue weighted by atomic mass is 10.1. The number of benzene rings is 1. The van der Waals surface area contributed by atoms with Crippen molar-refractivity contribution in [1.29, 1.82) is 0 Å². The minimum atomic E-state index is 0.394. The van der Waals surface area contributed by atoms with Gasteiger partial charge in [0.15, 0.2) is 0 Å².